The van der Waals surface area contributed by atoms with E-state index in [1.807, 2.05) is 0 Å². The fourth-order valence-corrected chi connectivity index (χ4v) is 6.84. The summed E-state index contributed by atoms with van der Waals surface area (Å²) in [7, 11) is -0.234. The van der Waals surface area contributed by atoms with Gasteiger partial charge < -0.3 is 0 Å². The van der Waals surface area contributed by atoms with Crippen LogP contribution in [0.2, 0.25) is 12.1 Å². The molecule has 0 fully saturated rings. The van der Waals surface area contributed by atoms with Crippen molar-refractivity contribution in [3.8, 4) is 0 Å². The van der Waals surface area contributed by atoms with Crippen molar-refractivity contribution >= 4 is 14.9 Å². The van der Waals surface area contributed by atoms with Crippen molar-refractivity contribution in [1.29, 1.82) is 0 Å². The summed E-state index contributed by atoms with van der Waals surface area (Å²) in [6, 6.07) is 12.1. The van der Waals surface area contributed by atoms with Crippen LogP contribution in [0.25, 0.3) is 6.08 Å². The average Bonchev–Trinajstić information content (AvgIpc) is 2.47. The van der Waals surface area contributed by atoms with Gasteiger partial charge in [0.25, 0.3) is 0 Å². The second-order valence-corrected chi connectivity index (χ2v) is 8.70. The van der Waals surface area contributed by atoms with Crippen LogP contribution in [0.5, 0.6) is 0 Å². The second-order valence-electron chi connectivity index (χ2n) is 5.68. The summed E-state index contributed by atoms with van der Waals surface area (Å²) in [4.78, 5) is 0. The molecular weight excluding hydrogens is 244 g/mol. The van der Waals surface area contributed by atoms with Gasteiger partial charge in [-0.2, -0.15) is 0 Å². The third kappa shape index (κ3) is 3.82. The van der Waals surface area contributed by atoms with Gasteiger partial charge in [-0.05, 0) is 23.1 Å². The van der Waals surface area contributed by atoms with Crippen molar-refractivity contribution in [2.24, 2.45) is 0 Å². The van der Waals surface area contributed by atoms with E-state index in [0.29, 0.717) is 0 Å². The molecule has 1 radical (unpaired) electrons. The number of allylic oxidation sites excluding steroid dienone is 1. The average molecular weight is 272 g/mol. The second kappa shape index (κ2) is 7.69. The van der Waals surface area contributed by atoms with Gasteiger partial charge in [0.05, 0.1) is 8.80 Å². The van der Waals surface area contributed by atoms with E-state index >= 15 is 0 Å². The molecule has 1 aromatic rings. The summed E-state index contributed by atoms with van der Waals surface area (Å²) in [5.74, 6) is 0. The lowest BCUT2D eigenvalue weighted by Crippen LogP contribution is -2.25. The molecule has 0 N–H and O–H groups in total. The van der Waals surface area contributed by atoms with Gasteiger partial charge in [-0.25, -0.2) is 0 Å². The van der Waals surface area contributed by atoms with Crippen LogP contribution in [0.3, 0.4) is 0 Å². The molecule has 0 amide bonds. The third-order valence-electron chi connectivity index (χ3n) is 4.24. The molecule has 19 heavy (non-hydrogen) atoms. The summed E-state index contributed by atoms with van der Waals surface area (Å²) < 4.78 is 0. The predicted molar refractivity (Wildman–Crippen MR) is 88.0 cm³/mol. The highest BCUT2D eigenvalue weighted by Crippen LogP contribution is 2.35. The Balaban J connectivity index is 2.14. The zero-order valence-electron chi connectivity index (χ0n) is 12.5. The lowest BCUT2D eigenvalue weighted by molar-refractivity contribution is 0.800. The Morgan fingerprint density at radius 3 is 2.42 bits per heavy atom. The van der Waals surface area contributed by atoms with Gasteiger partial charge in [-0.3, -0.25) is 0 Å². The highest BCUT2D eigenvalue weighted by atomic mass is 28.3. The molecule has 1 atom stereocenters. The normalized spacial score (nSPS) is 17.7. The molecule has 1 aliphatic carbocycles. The Morgan fingerprint density at radius 2 is 1.74 bits per heavy atom. The van der Waals surface area contributed by atoms with Gasteiger partial charge in [0.2, 0.25) is 0 Å². The first-order chi connectivity index (χ1) is 9.36. The standard InChI is InChI=1S/C18H27Si/c1-3-5-14-19(15-6-4-2)18-13-9-11-16-10-7-8-12-17(16)18/h7-12,18H,3-6,13-15H2,1-2H3. The molecule has 0 saturated heterocycles. The molecule has 0 nitrogen and oxygen atoms in total. The van der Waals surface area contributed by atoms with E-state index in [1.54, 1.807) is 5.56 Å². The number of rotatable bonds is 7. The number of fused-ring (bicyclic) bond motifs is 1. The van der Waals surface area contributed by atoms with Crippen molar-refractivity contribution < 1.29 is 0 Å². The Bertz CT molecular complexity index is 400. The number of hydrogen-bond donors (Lipinski definition) is 0. The predicted octanol–water partition coefficient (Wildman–Crippen LogP) is 5.82. The van der Waals surface area contributed by atoms with Crippen LogP contribution in [-0.2, 0) is 0 Å². The Labute approximate surface area is 120 Å². The number of benzene rings is 1. The molecule has 0 aromatic heterocycles. The van der Waals surface area contributed by atoms with Gasteiger partial charge in [-0.15, -0.1) is 0 Å². The Morgan fingerprint density at radius 1 is 1.05 bits per heavy atom. The lowest BCUT2D eigenvalue weighted by atomic mass is 9.97. The van der Waals surface area contributed by atoms with E-state index in [-0.39, 0.29) is 8.80 Å². The monoisotopic (exact) mass is 271 g/mol. The summed E-state index contributed by atoms with van der Waals surface area (Å²) in [6.07, 6.45) is 11.6. The minimum atomic E-state index is -0.234. The van der Waals surface area contributed by atoms with Gasteiger partial charge in [0.1, 0.15) is 0 Å². The summed E-state index contributed by atoms with van der Waals surface area (Å²) in [5.41, 5.74) is 3.99. The van der Waals surface area contributed by atoms with E-state index < -0.39 is 0 Å². The maximum Gasteiger partial charge on any atom is 0.0566 e. The largest absolute Gasteiger partial charge is 0.0836 e. The minimum absolute atomic E-state index is 0.234. The number of unbranched alkanes of at least 4 members (excludes halogenated alkanes) is 2. The van der Waals surface area contributed by atoms with Crippen LogP contribution in [0.4, 0.5) is 0 Å². The topological polar surface area (TPSA) is 0 Å². The van der Waals surface area contributed by atoms with Crippen LogP contribution < -0.4 is 0 Å². The zero-order chi connectivity index (χ0) is 13.5. The molecule has 0 spiro atoms. The first kappa shape index (κ1) is 14.6. The molecule has 0 bridgehead atoms. The van der Waals surface area contributed by atoms with Gasteiger partial charge in [0, 0.05) is 0 Å². The highest BCUT2D eigenvalue weighted by molar-refractivity contribution is 6.60. The Hall–Kier alpha value is -0.823. The van der Waals surface area contributed by atoms with Crippen molar-refractivity contribution in [2.75, 3.05) is 0 Å². The summed E-state index contributed by atoms with van der Waals surface area (Å²) in [6.45, 7) is 4.65. The zero-order valence-corrected chi connectivity index (χ0v) is 13.5. The van der Waals surface area contributed by atoms with Crippen LogP contribution in [0.1, 0.15) is 62.6 Å². The SMILES string of the molecule is CCCC[Si](CCCC)C1CC=Cc2ccccc21. The molecule has 2 rings (SSSR count). The van der Waals surface area contributed by atoms with E-state index in [0.717, 1.165) is 5.54 Å². The lowest BCUT2D eigenvalue weighted by Gasteiger charge is -2.29. The van der Waals surface area contributed by atoms with Crippen LogP contribution in [0.15, 0.2) is 30.3 Å². The smallest absolute Gasteiger partial charge is 0.0566 e. The van der Waals surface area contributed by atoms with Crippen LogP contribution in [0, 0.1) is 0 Å². The van der Waals surface area contributed by atoms with E-state index in [4.69, 9.17) is 0 Å². The van der Waals surface area contributed by atoms with Crippen molar-refractivity contribution in [3.05, 3.63) is 41.5 Å². The fourth-order valence-electron chi connectivity index (χ4n) is 3.11. The fraction of sp³-hybridized carbons (Fsp3) is 0.556. The van der Waals surface area contributed by atoms with Gasteiger partial charge >= 0.3 is 0 Å². The molecule has 1 aliphatic rings. The van der Waals surface area contributed by atoms with Crippen molar-refractivity contribution in [1.82, 2.24) is 0 Å². The molecular formula is C18H27Si. The first-order valence-corrected chi connectivity index (χ1v) is 9.96. The summed E-state index contributed by atoms with van der Waals surface area (Å²) >= 11 is 0. The molecule has 103 valence electrons. The maximum atomic E-state index is 2.41. The van der Waals surface area contributed by atoms with Gasteiger partial charge in [-0.1, -0.05) is 88.0 Å². The molecule has 1 unspecified atom stereocenters. The van der Waals surface area contributed by atoms with E-state index in [1.165, 1.54) is 49.8 Å². The van der Waals surface area contributed by atoms with E-state index in [9.17, 15) is 0 Å². The first-order valence-electron chi connectivity index (χ1n) is 7.96. The maximum absolute atomic E-state index is 2.41. The van der Waals surface area contributed by atoms with Crippen molar-refractivity contribution in [3.63, 3.8) is 0 Å². The third-order valence-corrected chi connectivity index (χ3v) is 7.76. The summed E-state index contributed by atoms with van der Waals surface area (Å²) in [5, 5.41) is 0. The number of hydrogen-bond acceptors (Lipinski definition) is 0. The molecule has 0 aliphatic heterocycles. The quantitative estimate of drug-likeness (QED) is 0.548. The highest BCUT2D eigenvalue weighted by Gasteiger charge is 2.26. The van der Waals surface area contributed by atoms with Gasteiger partial charge in [0.15, 0.2) is 0 Å². The molecule has 1 heteroatoms. The molecule has 1 aromatic carbocycles. The van der Waals surface area contributed by atoms with Crippen LogP contribution >= 0.6 is 0 Å². The Kier molecular flexibility index (Phi) is 5.90. The van der Waals surface area contributed by atoms with E-state index in [2.05, 4.69) is 50.3 Å². The minimum Gasteiger partial charge on any atom is -0.0836 e. The molecule has 0 heterocycles. The molecule has 0 saturated carbocycles. The van der Waals surface area contributed by atoms with Crippen LogP contribution in [-0.4, -0.2) is 8.80 Å². The van der Waals surface area contributed by atoms with Crippen molar-refractivity contribution in [2.45, 2.75) is 63.6 Å².